The van der Waals surface area contributed by atoms with Crippen LogP contribution in [0.1, 0.15) is 10.4 Å². The van der Waals surface area contributed by atoms with Crippen LogP contribution >= 0.6 is 11.3 Å². The summed E-state index contributed by atoms with van der Waals surface area (Å²) in [6.07, 6.45) is 5.96. The second kappa shape index (κ2) is 3.62. The first-order chi connectivity index (χ1) is 8.84. The lowest BCUT2D eigenvalue weighted by molar-refractivity contribution is 0.720. The van der Waals surface area contributed by atoms with Gasteiger partial charge in [-0.05, 0) is 30.0 Å². The maximum atomic E-state index is 2.39. The molecule has 1 atom stereocenters. The normalized spacial score (nSPS) is 20.4. The molecule has 0 amide bonds. The molecule has 90 valence electrons. The quantitative estimate of drug-likeness (QED) is 0.765. The first-order valence-electron chi connectivity index (χ1n) is 6.21. The third-order valence-corrected chi connectivity index (χ3v) is 4.72. The van der Waals surface area contributed by atoms with E-state index in [4.69, 9.17) is 0 Å². The highest BCUT2D eigenvalue weighted by Gasteiger charge is 2.36. The van der Waals surface area contributed by atoms with Crippen LogP contribution in [0.15, 0.2) is 48.1 Å². The molecule has 0 saturated carbocycles. The smallest absolute Gasteiger partial charge is 0.115 e. The minimum Gasteiger partial charge on any atom is -0.325 e. The van der Waals surface area contributed by atoms with Crippen molar-refractivity contribution >= 4 is 22.7 Å². The highest BCUT2D eigenvalue weighted by molar-refractivity contribution is 7.10. The maximum Gasteiger partial charge on any atom is 0.115 e. The molecule has 2 aliphatic heterocycles. The lowest BCUT2D eigenvalue weighted by Crippen LogP contribution is -2.36. The molecule has 18 heavy (non-hydrogen) atoms. The van der Waals surface area contributed by atoms with Gasteiger partial charge in [-0.1, -0.05) is 18.2 Å². The summed E-state index contributed by atoms with van der Waals surface area (Å²) in [5.41, 5.74) is 4.04. The van der Waals surface area contributed by atoms with E-state index in [1.54, 1.807) is 0 Å². The Morgan fingerprint density at radius 2 is 1.83 bits per heavy atom. The summed E-state index contributed by atoms with van der Waals surface area (Å²) in [5.74, 6) is 0. The van der Waals surface area contributed by atoms with Crippen LogP contribution in [0, 0.1) is 6.92 Å². The summed E-state index contributed by atoms with van der Waals surface area (Å²) >= 11 is 1.87. The molecule has 1 aromatic heterocycles. The molecule has 2 nitrogen and oxygen atoms in total. The Hall–Kier alpha value is -1.74. The van der Waals surface area contributed by atoms with Crippen LogP contribution in [0.2, 0.25) is 0 Å². The molecule has 1 unspecified atom stereocenters. The zero-order chi connectivity index (χ0) is 12.1. The van der Waals surface area contributed by atoms with Crippen molar-refractivity contribution in [3.8, 4) is 0 Å². The van der Waals surface area contributed by atoms with Crippen molar-refractivity contribution < 1.29 is 0 Å². The average molecular weight is 254 g/mol. The molecule has 0 fully saturated rings. The molecular formula is C15H14N2S. The number of hydrogen-bond donors (Lipinski definition) is 0. The van der Waals surface area contributed by atoms with Crippen molar-refractivity contribution in [1.82, 2.24) is 0 Å². The molecule has 3 heteroatoms. The van der Waals surface area contributed by atoms with Crippen molar-refractivity contribution in [2.24, 2.45) is 0 Å². The standard InChI is InChI=1S/C15H14N2S/c1-11-4-2-3-5-12(11)16-7-8-17-13-6-9-18-14(13)10-15(16)17/h2-9,15H,10H2,1H3. The number of benzene rings is 1. The van der Waals surface area contributed by atoms with Gasteiger partial charge in [0.05, 0.1) is 5.69 Å². The Balaban J connectivity index is 1.74. The Kier molecular flexibility index (Phi) is 2.06. The van der Waals surface area contributed by atoms with E-state index in [-0.39, 0.29) is 0 Å². The number of para-hydroxylation sites is 1. The largest absolute Gasteiger partial charge is 0.325 e. The van der Waals surface area contributed by atoms with E-state index in [1.165, 1.54) is 21.8 Å². The molecular weight excluding hydrogens is 240 g/mol. The van der Waals surface area contributed by atoms with Crippen LogP contribution in [0.25, 0.3) is 0 Å². The van der Waals surface area contributed by atoms with Gasteiger partial charge in [0.15, 0.2) is 0 Å². The van der Waals surface area contributed by atoms with Crippen molar-refractivity contribution in [2.75, 3.05) is 9.80 Å². The van der Waals surface area contributed by atoms with Gasteiger partial charge in [-0.3, -0.25) is 0 Å². The minimum absolute atomic E-state index is 0.438. The van der Waals surface area contributed by atoms with Crippen molar-refractivity contribution in [3.63, 3.8) is 0 Å². The predicted octanol–water partition coefficient (Wildman–Crippen LogP) is 3.74. The van der Waals surface area contributed by atoms with Crippen LogP contribution in [-0.4, -0.2) is 6.17 Å². The zero-order valence-electron chi connectivity index (χ0n) is 10.2. The maximum absolute atomic E-state index is 2.39. The molecule has 1 aromatic carbocycles. The fourth-order valence-corrected chi connectivity index (χ4v) is 3.79. The molecule has 3 heterocycles. The Bertz CT molecular complexity index is 629. The SMILES string of the molecule is Cc1ccccc1N1C=CN2c3ccsc3CC12. The van der Waals surface area contributed by atoms with Gasteiger partial charge >= 0.3 is 0 Å². The van der Waals surface area contributed by atoms with Crippen LogP contribution in [0.3, 0.4) is 0 Å². The fourth-order valence-electron chi connectivity index (χ4n) is 2.89. The van der Waals surface area contributed by atoms with Gasteiger partial charge in [0, 0.05) is 29.4 Å². The monoisotopic (exact) mass is 254 g/mol. The minimum atomic E-state index is 0.438. The third-order valence-electron chi connectivity index (χ3n) is 3.79. The van der Waals surface area contributed by atoms with E-state index in [1.807, 2.05) is 11.3 Å². The highest BCUT2D eigenvalue weighted by atomic mass is 32.1. The second-order valence-electron chi connectivity index (χ2n) is 4.81. The van der Waals surface area contributed by atoms with Gasteiger partial charge in [0.25, 0.3) is 0 Å². The van der Waals surface area contributed by atoms with E-state index in [0.29, 0.717) is 6.17 Å². The van der Waals surface area contributed by atoms with Crippen molar-refractivity contribution in [2.45, 2.75) is 19.5 Å². The number of fused-ring (bicyclic) bond motifs is 3. The van der Waals surface area contributed by atoms with Gasteiger partial charge in [0.1, 0.15) is 6.17 Å². The van der Waals surface area contributed by atoms with Crippen LogP contribution in [0.4, 0.5) is 11.4 Å². The number of rotatable bonds is 1. The first-order valence-corrected chi connectivity index (χ1v) is 7.09. The molecule has 0 saturated heterocycles. The molecule has 4 rings (SSSR count). The Morgan fingerprint density at radius 3 is 2.67 bits per heavy atom. The van der Waals surface area contributed by atoms with E-state index in [9.17, 15) is 0 Å². The molecule has 0 aliphatic carbocycles. The van der Waals surface area contributed by atoms with Crippen LogP contribution in [-0.2, 0) is 6.42 Å². The summed E-state index contributed by atoms with van der Waals surface area (Å²) in [6.45, 7) is 2.18. The topological polar surface area (TPSA) is 6.48 Å². The van der Waals surface area contributed by atoms with Gasteiger partial charge in [-0.15, -0.1) is 11.3 Å². The Morgan fingerprint density at radius 1 is 1.06 bits per heavy atom. The van der Waals surface area contributed by atoms with E-state index in [0.717, 1.165) is 6.42 Å². The number of thiophene rings is 1. The van der Waals surface area contributed by atoms with Crippen LogP contribution < -0.4 is 9.80 Å². The summed E-state index contributed by atoms with van der Waals surface area (Å²) in [5, 5.41) is 2.19. The summed E-state index contributed by atoms with van der Waals surface area (Å²) in [4.78, 5) is 6.28. The number of aryl methyl sites for hydroxylation is 1. The highest BCUT2D eigenvalue weighted by Crippen LogP contribution is 2.42. The zero-order valence-corrected chi connectivity index (χ0v) is 11.0. The van der Waals surface area contributed by atoms with E-state index < -0.39 is 0 Å². The number of nitrogens with zero attached hydrogens (tertiary/aromatic N) is 2. The lowest BCUT2D eigenvalue weighted by Gasteiger charge is -2.28. The van der Waals surface area contributed by atoms with Gasteiger partial charge in [-0.25, -0.2) is 0 Å². The van der Waals surface area contributed by atoms with E-state index in [2.05, 4.69) is 64.8 Å². The van der Waals surface area contributed by atoms with Crippen molar-refractivity contribution in [1.29, 1.82) is 0 Å². The summed E-state index contributed by atoms with van der Waals surface area (Å²) in [6, 6.07) is 10.8. The first kappa shape index (κ1) is 10.2. The summed E-state index contributed by atoms with van der Waals surface area (Å²) in [7, 11) is 0. The molecule has 0 bridgehead atoms. The molecule has 0 radical (unpaired) electrons. The number of anilines is 2. The van der Waals surface area contributed by atoms with Gasteiger partial charge < -0.3 is 9.80 Å². The fraction of sp³-hybridized carbons (Fsp3) is 0.200. The van der Waals surface area contributed by atoms with Crippen LogP contribution in [0.5, 0.6) is 0 Å². The van der Waals surface area contributed by atoms with Gasteiger partial charge in [0.2, 0.25) is 0 Å². The summed E-state index contributed by atoms with van der Waals surface area (Å²) < 4.78 is 0. The second-order valence-corrected chi connectivity index (χ2v) is 5.81. The predicted molar refractivity (Wildman–Crippen MR) is 77.1 cm³/mol. The lowest BCUT2D eigenvalue weighted by atomic mass is 10.1. The Labute approximate surface area is 111 Å². The number of hydrogen-bond acceptors (Lipinski definition) is 3. The van der Waals surface area contributed by atoms with Gasteiger partial charge in [-0.2, -0.15) is 0 Å². The molecule has 2 aliphatic rings. The third kappa shape index (κ3) is 1.28. The average Bonchev–Trinajstić information content (AvgIpc) is 3.01. The molecule has 0 N–H and O–H groups in total. The van der Waals surface area contributed by atoms with Crippen molar-refractivity contribution in [3.05, 3.63) is 58.6 Å². The van der Waals surface area contributed by atoms with E-state index >= 15 is 0 Å². The molecule has 2 aromatic rings. The molecule has 0 spiro atoms.